The predicted molar refractivity (Wildman–Crippen MR) is 121 cm³/mol. The quantitative estimate of drug-likeness (QED) is 0.501. The fourth-order valence-electron chi connectivity index (χ4n) is 3.00. The molecular weight excluding hydrogens is 400 g/mol. The predicted octanol–water partition coefficient (Wildman–Crippen LogP) is 3.88. The number of nitrogen functional groups attached to an aromatic ring is 1. The smallest absolute Gasteiger partial charge is 0.243 e. The van der Waals surface area contributed by atoms with E-state index in [9.17, 15) is 8.42 Å². The van der Waals surface area contributed by atoms with Gasteiger partial charge in [-0.2, -0.15) is 4.31 Å². The van der Waals surface area contributed by atoms with Crippen molar-refractivity contribution in [3.63, 3.8) is 0 Å². The molecule has 0 aliphatic rings. The minimum absolute atomic E-state index is 0.245. The highest BCUT2D eigenvalue weighted by Gasteiger charge is 2.21. The van der Waals surface area contributed by atoms with Crippen LogP contribution in [0.15, 0.2) is 59.8 Å². The Kier molecular flexibility index (Phi) is 6.53. The maximum atomic E-state index is 12.6. The zero-order chi connectivity index (χ0) is 21.7. The van der Waals surface area contributed by atoms with Crippen LogP contribution in [0.3, 0.4) is 0 Å². The second-order valence-corrected chi connectivity index (χ2v) is 8.60. The number of aryl methyl sites for hydroxylation is 1. The van der Waals surface area contributed by atoms with Crippen molar-refractivity contribution in [3.8, 4) is 0 Å². The number of benzene rings is 2. The van der Waals surface area contributed by atoms with Gasteiger partial charge < -0.3 is 16.4 Å². The summed E-state index contributed by atoms with van der Waals surface area (Å²) in [5.41, 5.74) is 9.25. The Morgan fingerprint density at radius 1 is 0.933 bits per heavy atom. The van der Waals surface area contributed by atoms with Crippen LogP contribution in [0.1, 0.15) is 19.4 Å². The van der Waals surface area contributed by atoms with Gasteiger partial charge in [0.2, 0.25) is 10.0 Å². The number of nitrogens with zero attached hydrogens (tertiary/aromatic N) is 3. The fourth-order valence-corrected chi connectivity index (χ4v) is 4.45. The van der Waals surface area contributed by atoms with E-state index in [-0.39, 0.29) is 4.90 Å². The van der Waals surface area contributed by atoms with E-state index in [1.54, 1.807) is 24.3 Å². The summed E-state index contributed by atoms with van der Waals surface area (Å²) in [5, 5.41) is 6.34. The SMILES string of the molecule is CCN(CC)S(=O)(=O)c1ccc(Nc2ncnc(Nc3ccccc3C)c2N)cc1. The van der Waals surface area contributed by atoms with Crippen molar-refractivity contribution < 1.29 is 8.42 Å². The normalized spacial score (nSPS) is 11.5. The molecule has 0 amide bonds. The number of para-hydroxylation sites is 1. The topological polar surface area (TPSA) is 113 Å². The molecule has 0 atom stereocenters. The first kappa shape index (κ1) is 21.5. The molecule has 0 radical (unpaired) electrons. The molecule has 3 aromatic rings. The van der Waals surface area contributed by atoms with Crippen LogP contribution in [0.4, 0.5) is 28.7 Å². The number of nitrogens with two attached hydrogens (primary N) is 1. The van der Waals surface area contributed by atoms with E-state index in [2.05, 4.69) is 20.6 Å². The molecule has 9 heteroatoms. The van der Waals surface area contributed by atoms with Crippen LogP contribution < -0.4 is 16.4 Å². The third-order valence-corrected chi connectivity index (χ3v) is 6.81. The van der Waals surface area contributed by atoms with Crippen molar-refractivity contribution >= 4 is 38.7 Å². The molecule has 3 rings (SSSR count). The highest BCUT2D eigenvalue weighted by Crippen LogP contribution is 2.29. The first-order chi connectivity index (χ1) is 14.4. The molecular formula is C21H26N6O2S. The lowest BCUT2D eigenvalue weighted by Crippen LogP contribution is -2.30. The van der Waals surface area contributed by atoms with Gasteiger partial charge in [0.25, 0.3) is 0 Å². The lowest BCUT2D eigenvalue weighted by atomic mass is 10.2. The molecule has 1 aromatic heterocycles. The van der Waals surface area contributed by atoms with Crippen LogP contribution in [0, 0.1) is 6.92 Å². The van der Waals surface area contributed by atoms with Crippen molar-refractivity contribution in [2.24, 2.45) is 0 Å². The van der Waals surface area contributed by atoms with Gasteiger partial charge in [-0.3, -0.25) is 0 Å². The van der Waals surface area contributed by atoms with Crippen molar-refractivity contribution in [2.45, 2.75) is 25.7 Å². The standard InChI is InChI=1S/C21H26N6O2S/c1-4-27(5-2)30(28,29)17-12-10-16(11-13-17)25-20-19(22)21(24-14-23-20)26-18-9-7-6-8-15(18)3/h6-14H,4-5,22H2,1-3H3,(H2,23,24,25,26). The Morgan fingerprint density at radius 3 is 2.13 bits per heavy atom. The summed E-state index contributed by atoms with van der Waals surface area (Å²) in [6, 6.07) is 14.3. The van der Waals surface area contributed by atoms with Crippen LogP contribution in [-0.4, -0.2) is 35.8 Å². The van der Waals surface area contributed by atoms with Crippen molar-refractivity contribution in [2.75, 3.05) is 29.5 Å². The molecule has 0 bridgehead atoms. The lowest BCUT2D eigenvalue weighted by Gasteiger charge is -2.18. The Labute approximate surface area is 177 Å². The second kappa shape index (κ2) is 9.10. The number of aromatic nitrogens is 2. The zero-order valence-corrected chi connectivity index (χ0v) is 18.1. The summed E-state index contributed by atoms with van der Waals surface area (Å²) >= 11 is 0. The molecule has 0 aliphatic heterocycles. The molecule has 0 saturated heterocycles. The van der Waals surface area contributed by atoms with Gasteiger partial charge in [0, 0.05) is 24.5 Å². The molecule has 0 fully saturated rings. The molecule has 4 N–H and O–H groups in total. The van der Waals surface area contributed by atoms with Crippen LogP contribution in [-0.2, 0) is 10.0 Å². The van der Waals surface area contributed by atoms with Gasteiger partial charge in [-0.05, 0) is 42.8 Å². The fraction of sp³-hybridized carbons (Fsp3) is 0.238. The summed E-state index contributed by atoms with van der Waals surface area (Å²) in [6.07, 6.45) is 1.42. The van der Waals surface area contributed by atoms with Gasteiger partial charge in [0.15, 0.2) is 11.6 Å². The van der Waals surface area contributed by atoms with E-state index in [4.69, 9.17) is 5.73 Å². The first-order valence-corrected chi connectivity index (χ1v) is 11.1. The molecule has 0 saturated carbocycles. The maximum Gasteiger partial charge on any atom is 0.243 e. The van der Waals surface area contributed by atoms with Gasteiger partial charge in [0.05, 0.1) is 4.90 Å². The second-order valence-electron chi connectivity index (χ2n) is 6.66. The number of hydrogen-bond donors (Lipinski definition) is 3. The molecule has 8 nitrogen and oxygen atoms in total. The maximum absolute atomic E-state index is 12.6. The van der Waals surface area contributed by atoms with E-state index in [0.29, 0.717) is 36.1 Å². The Morgan fingerprint density at radius 2 is 1.53 bits per heavy atom. The molecule has 30 heavy (non-hydrogen) atoms. The number of rotatable bonds is 8. The minimum Gasteiger partial charge on any atom is -0.393 e. The molecule has 2 aromatic carbocycles. The average Bonchev–Trinajstić information content (AvgIpc) is 2.73. The summed E-state index contributed by atoms with van der Waals surface area (Å²) in [4.78, 5) is 8.68. The van der Waals surface area contributed by atoms with Crippen LogP contribution >= 0.6 is 0 Å². The zero-order valence-electron chi connectivity index (χ0n) is 17.3. The van der Waals surface area contributed by atoms with E-state index in [1.165, 1.54) is 10.6 Å². The van der Waals surface area contributed by atoms with E-state index < -0.39 is 10.0 Å². The summed E-state index contributed by atoms with van der Waals surface area (Å²) in [6.45, 7) is 6.47. The monoisotopic (exact) mass is 426 g/mol. The van der Waals surface area contributed by atoms with Gasteiger partial charge >= 0.3 is 0 Å². The Bertz CT molecular complexity index is 1110. The largest absolute Gasteiger partial charge is 0.393 e. The Hall–Kier alpha value is -3.17. The van der Waals surface area contributed by atoms with E-state index in [0.717, 1.165) is 11.3 Å². The third kappa shape index (κ3) is 4.52. The molecule has 1 heterocycles. The van der Waals surface area contributed by atoms with Crippen molar-refractivity contribution in [1.82, 2.24) is 14.3 Å². The van der Waals surface area contributed by atoms with Gasteiger partial charge in [-0.1, -0.05) is 32.0 Å². The molecule has 0 unspecified atom stereocenters. The number of hydrogen-bond acceptors (Lipinski definition) is 7. The van der Waals surface area contributed by atoms with Crippen LogP contribution in [0.25, 0.3) is 0 Å². The number of nitrogens with one attached hydrogen (secondary N) is 2. The third-order valence-electron chi connectivity index (χ3n) is 4.74. The number of anilines is 5. The van der Waals surface area contributed by atoms with Crippen LogP contribution in [0.5, 0.6) is 0 Å². The van der Waals surface area contributed by atoms with Crippen LogP contribution in [0.2, 0.25) is 0 Å². The van der Waals surface area contributed by atoms with Gasteiger partial charge in [-0.25, -0.2) is 18.4 Å². The van der Waals surface area contributed by atoms with E-state index in [1.807, 2.05) is 45.0 Å². The highest BCUT2D eigenvalue weighted by molar-refractivity contribution is 7.89. The molecule has 158 valence electrons. The molecule has 0 spiro atoms. The molecule has 0 aliphatic carbocycles. The summed E-state index contributed by atoms with van der Waals surface area (Å²) < 4.78 is 26.7. The highest BCUT2D eigenvalue weighted by atomic mass is 32.2. The van der Waals surface area contributed by atoms with Gasteiger partial charge in [0.1, 0.15) is 12.0 Å². The minimum atomic E-state index is -3.50. The Balaban J connectivity index is 1.81. The summed E-state index contributed by atoms with van der Waals surface area (Å²) in [7, 11) is -3.50. The number of sulfonamides is 1. The average molecular weight is 427 g/mol. The first-order valence-electron chi connectivity index (χ1n) is 9.67. The van der Waals surface area contributed by atoms with Crippen molar-refractivity contribution in [1.29, 1.82) is 0 Å². The lowest BCUT2D eigenvalue weighted by molar-refractivity contribution is 0.445. The van der Waals surface area contributed by atoms with E-state index >= 15 is 0 Å². The van der Waals surface area contributed by atoms with Gasteiger partial charge in [-0.15, -0.1) is 0 Å². The summed E-state index contributed by atoms with van der Waals surface area (Å²) in [5.74, 6) is 0.919. The van der Waals surface area contributed by atoms with Crippen molar-refractivity contribution in [3.05, 3.63) is 60.4 Å².